The maximum Gasteiger partial charge on any atom is 0.221 e. The van der Waals surface area contributed by atoms with E-state index in [4.69, 9.17) is 9.73 Å². The second kappa shape index (κ2) is 14.5. The van der Waals surface area contributed by atoms with Gasteiger partial charge in [0.25, 0.3) is 0 Å². The van der Waals surface area contributed by atoms with Crippen LogP contribution in [0.5, 0.6) is 5.75 Å². The average Bonchev–Trinajstić information content (AvgIpc) is 3.22. The molecule has 1 fully saturated rings. The second-order valence-corrected chi connectivity index (χ2v) is 7.62. The molecule has 1 saturated heterocycles. The van der Waals surface area contributed by atoms with Gasteiger partial charge < -0.3 is 20.7 Å². The van der Waals surface area contributed by atoms with Crippen LogP contribution in [0, 0.1) is 0 Å². The summed E-state index contributed by atoms with van der Waals surface area (Å²) in [5.41, 5.74) is 1.17. The van der Waals surface area contributed by atoms with Crippen LogP contribution in [0.1, 0.15) is 51.6 Å². The van der Waals surface area contributed by atoms with Crippen molar-refractivity contribution >= 4 is 35.8 Å². The summed E-state index contributed by atoms with van der Waals surface area (Å²) in [6.45, 7) is 10.1. The number of nitrogens with zero attached hydrogens (tertiary/aromatic N) is 2. The van der Waals surface area contributed by atoms with E-state index >= 15 is 0 Å². The normalized spacial score (nSPS) is 15.4. The van der Waals surface area contributed by atoms with E-state index in [1.165, 1.54) is 18.4 Å². The average molecular weight is 531 g/mol. The summed E-state index contributed by atoms with van der Waals surface area (Å²) in [4.78, 5) is 19.2. The first-order valence-electron chi connectivity index (χ1n) is 10.7. The van der Waals surface area contributed by atoms with Gasteiger partial charge in [0, 0.05) is 31.1 Å². The van der Waals surface area contributed by atoms with Gasteiger partial charge in [0.1, 0.15) is 5.75 Å². The van der Waals surface area contributed by atoms with Crippen LogP contribution in [0.15, 0.2) is 29.3 Å². The van der Waals surface area contributed by atoms with Crippen molar-refractivity contribution in [2.75, 3.05) is 39.8 Å². The highest BCUT2D eigenvalue weighted by molar-refractivity contribution is 14.0. The van der Waals surface area contributed by atoms with Crippen LogP contribution in [0.3, 0.4) is 0 Å². The Kier molecular flexibility index (Phi) is 12.8. The van der Waals surface area contributed by atoms with Gasteiger partial charge in [-0.05, 0) is 52.8 Å². The van der Waals surface area contributed by atoms with E-state index in [0.717, 1.165) is 31.3 Å². The minimum absolute atomic E-state index is 0. The lowest BCUT2D eigenvalue weighted by molar-refractivity contribution is -0.121. The lowest BCUT2D eigenvalue weighted by Crippen LogP contribution is -2.40. The van der Waals surface area contributed by atoms with E-state index in [-0.39, 0.29) is 42.0 Å². The molecule has 0 aliphatic carbocycles. The molecule has 8 heteroatoms. The van der Waals surface area contributed by atoms with Crippen molar-refractivity contribution in [3.05, 3.63) is 29.8 Å². The largest absolute Gasteiger partial charge is 0.496 e. The van der Waals surface area contributed by atoms with Crippen LogP contribution in [-0.2, 0) is 4.79 Å². The molecule has 1 unspecified atom stereocenters. The molecule has 0 aromatic heterocycles. The second-order valence-electron chi connectivity index (χ2n) is 7.62. The lowest BCUT2D eigenvalue weighted by Gasteiger charge is -2.28. The highest BCUT2D eigenvalue weighted by Gasteiger charge is 2.25. The van der Waals surface area contributed by atoms with Crippen molar-refractivity contribution in [1.82, 2.24) is 20.9 Å². The van der Waals surface area contributed by atoms with Crippen molar-refractivity contribution in [3.63, 3.8) is 0 Å². The molecule has 1 atom stereocenters. The third-order valence-electron chi connectivity index (χ3n) is 4.94. The number of para-hydroxylation sites is 1. The van der Waals surface area contributed by atoms with Crippen molar-refractivity contribution < 1.29 is 9.53 Å². The Bertz CT molecular complexity index is 663. The molecule has 1 heterocycles. The Morgan fingerprint density at radius 3 is 2.53 bits per heavy atom. The number of amides is 1. The quantitative estimate of drug-likeness (QED) is 0.246. The zero-order chi connectivity index (χ0) is 21.1. The van der Waals surface area contributed by atoms with Gasteiger partial charge in [-0.2, -0.15) is 0 Å². The van der Waals surface area contributed by atoms with Gasteiger partial charge in [-0.25, -0.2) is 0 Å². The first kappa shape index (κ1) is 26.5. The van der Waals surface area contributed by atoms with Gasteiger partial charge in [0.15, 0.2) is 5.96 Å². The van der Waals surface area contributed by atoms with Gasteiger partial charge in [-0.1, -0.05) is 18.2 Å². The molecule has 0 spiro atoms. The summed E-state index contributed by atoms with van der Waals surface area (Å²) in [5, 5.41) is 9.47. The Balaban J connectivity index is 0.00000450. The van der Waals surface area contributed by atoms with E-state index < -0.39 is 0 Å². The molecule has 1 aromatic rings. The predicted octanol–water partition coefficient (Wildman–Crippen LogP) is 2.92. The van der Waals surface area contributed by atoms with E-state index in [1.54, 1.807) is 7.11 Å². The van der Waals surface area contributed by atoms with Crippen LogP contribution >= 0.6 is 24.0 Å². The zero-order valence-electron chi connectivity index (χ0n) is 18.7. The number of hydrogen-bond donors (Lipinski definition) is 3. The standard InChI is InChI=1S/C22H37N5O2.HI/c1-5-23-22(24-13-12-21(28)26-17(2)3)25-16-19(27-14-8-9-15-27)18-10-6-7-11-20(18)29-4;/h6-7,10-11,17,19H,5,8-9,12-16H2,1-4H3,(H,26,28)(H2,23,24,25);1H. The number of likely N-dealkylation sites (tertiary alicyclic amines) is 1. The minimum Gasteiger partial charge on any atom is -0.496 e. The topological polar surface area (TPSA) is 78.0 Å². The maximum atomic E-state index is 11.9. The summed E-state index contributed by atoms with van der Waals surface area (Å²) < 4.78 is 5.61. The summed E-state index contributed by atoms with van der Waals surface area (Å²) in [6.07, 6.45) is 2.86. The number of aliphatic imine (C=N–C) groups is 1. The number of guanidine groups is 1. The monoisotopic (exact) mass is 531 g/mol. The summed E-state index contributed by atoms with van der Waals surface area (Å²) in [6, 6.07) is 8.54. The fraction of sp³-hybridized carbons (Fsp3) is 0.636. The minimum atomic E-state index is 0. The van der Waals surface area contributed by atoms with Crippen molar-refractivity contribution in [2.45, 2.75) is 52.1 Å². The number of carbonyl (C=O) groups is 1. The predicted molar refractivity (Wildman–Crippen MR) is 134 cm³/mol. The molecule has 1 aliphatic heterocycles. The fourth-order valence-electron chi connectivity index (χ4n) is 3.61. The number of halogens is 1. The zero-order valence-corrected chi connectivity index (χ0v) is 21.1. The number of benzene rings is 1. The number of nitrogens with one attached hydrogen (secondary N) is 3. The van der Waals surface area contributed by atoms with Crippen LogP contribution in [0.4, 0.5) is 0 Å². The summed E-state index contributed by atoms with van der Waals surface area (Å²) in [5.74, 6) is 1.69. The van der Waals surface area contributed by atoms with Gasteiger partial charge in [-0.15, -0.1) is 24.0 Å². The third kappa shape index (κ3) is 8.67. The van der Waals surface area contributed by atoms with Gasteiger partial charge >= 0.3 is 0 Å². The molecular weight excluding hydrogens is 493 g/mol. The number of hydrogen-bond acceptors (Lipinski definition) is 4. The SMILES string of the molecule is CCNC(=NCC(c1ccccc1OC)N1CCCC1)NCCC(=O)NC(C)C.I. The third-order valence-corrected chi connectivity index (χ3v) is 4.94. The van der Waals surface area contributed by atoms with Crippen molar-refractivity contribution in [2.24, 2.45) is 4.99 Å². The molecule has 1 aromatic carbocycles. The maximum absolute atomic E-state index is 11.9. The molecule has 7 nitrogen and oxygen atoms in total. The highest BCUT2D eigenvalue weighted by atomic mass is 127. The summed E-state index contributed by atoms with van der Waals surface area (Å²) in [7, 11) is 1.72. The van der Waals surface area contributed by atoms with E-state index in [0.29, 0.717) is 19.5 Å². The van der Waals surface area contributed by atoms with E-state index in [2.05, 4.69) is 33.0 Å². The summed E-state index contributed by atoms with van der Waals surface area (Å²) >= 11 is 0. The molecular formula is C22H38IN5O2. The molecule has 0 bridgehead atoms. The van der Waals surface area contributed by atoms with Gasteiger partial charge in [-0.3, -0.25) is 14.7 Å². The number of ether oxygens (including phenoxy) is 1. The molecule has 1 amide bonds. The van der Waals surface area contributed by atoms with Gasteiger partial charge in [0.05, 0.1) is 19.7 Å². The Morgan fingerprint density at radius 2 is 1.90 bits per heavy atom. The Morgan fingerprint density at radius 1 is 1.20 bits per heavy atom. The van der Waals surface area contributed by atoms with Crippen molar-refractivity contribution in [1.29, 1.82) is 0 Å². The Hall–Kier alpha value is -1.55. The van der Waals surface area contributed by atoms with Crippen molar-refractivity contribution in [3.8, 4) is 5.75 Å². The smallest absolute Gasteiger partial charge is 0.221 e. The molecule has 2 rings (SSSR count). The first-order chi connectivity index (χ1) is 14.0. The Labute approximate surface area is 198 Å². The first-order valence-corrected chi connectivity index (χ1v) is 10.7. The lowest BCUT2D eigenvalue weighted by atomic mass is 10.0. The number of carbonyl (C=O) groups excluding carboxylic acids is 1. The fourth-order valence-corrected chi connectivity index (χ4v) is 3.61. The van der Waals surface area contributed by atoms with Crippen LogP contribution in [-0.4, -0.2) is 62.6 Å². The molecule has 0 radical (unpaired) electrons. The van der Waals surface area contributed by atoms with Gasteiger partial charge in [0.2, 0.25) is 5.91 Å². The molecule has 1 aliphatic rings. The van der Waals surface area contributed by atoms with Crippen LogP contribution < -0.4 is 20.7 Å². The molecule has 0 saturated carbocycles. The number of methoxy groups -OCH3 is 1. The van der Waals surface area contributed by atoms with E-state index in [1.807, 2.05) is 32.9 Å². The van der Waals surface area contributed by atoms with Crippen LogP contribution in [0.25, 0.3) is 0 Å². The molecule has 30 heavy (non-hydrogen) atoms. The molecule has 170 valence electrons. The van der Waals surface area contributed by atoms with Crippen LogP contribution in [0.2, 0.25) is 0 Å². The van der Waals surface area contributed by atoms with E-state index in [9.17, 15) is 4.79 Å². The highest BCUT2D eigenvalue weighted by Crippen LogP contribution is 2.31. The molecule has 3 N–H and O–H groups in total. The number of rotatable bonds is 10.